The first kappa shape index (κ1) is 40.9. The highest BCUT2D eigenvalue weighted by Gasteiger charge is 2.26. The molecule has 0 saturated carbocycles. The summed E-state index contributed by atoms with van der Waals surface area (Å²) in [5.74, 6) is 0. The van der Waals surface area contributed by atoms with Gasteiger partial charge in [0, 0.05) is 63.3 Å². The van der Waals surface area contributed by atoms with Crippen LogP contribution in [0.3, 0.4) is 0 Å². The fourth-order valence-electron chi connectivity index (χ4n) is 12.2. The minimum atomic E-state index is 0.0428. The first-order chi connectivity index (χ1) is 34.4. The third kappa shape index (κ3) is 5.87. The van der Waals surface area contributed by atoms with Crippen LogP contribution >= 0.6 is 11.3 Å². The fraction of sp³-hybridized carbons (Fsp3) is 0.118. The summed E-state index contributed by atoms with van der Waals surface area (Å²) in [4.78, 5) is 0. The summed E-state index contributed by atoms with van der Waals surface area (Å²) in [7, 11) is 0. The van der Waals surface area contributed by atoms with Gasteiger partial charge in [-0.05, 0) is 133 Å². The molecule has 0 fully saturated rings. The summed E-state index contributed by atoms with van der Waals surface area (Å²) in [5, 5.41) is 13.1. The Morgan fingerprint density at radius 1 is 0.296 bits per heavy atom. The molecule has 5 aromatic heterocycles. The van der Waals surface area contributed by atoms with Crippen molar-refractivity contribution in [3.05, 3.63) is 205 Å². The van der Waals surface area contributed by atoms with Gasteiger partial charge in [-0.15, -0.1) is 11.3 Å². The molecule has 338 valence electrons. The van der Waals surface area contributed by atoms with Crippen LogP contribution in [0.1, 0.15) is 52.7 Å². The standard InChI is InChI=1S/C68H50N2S/c1-67(2,3)47-31-46(32-48(35-47)68(4,5)6)41-24-26-58-52(33-41)50-21-15-22-51-53-37-61-54(38-60(53)69(58)64(50)51)55-36-56-49-20-13-14-23-62(49)71-66(56)63-57-34-42(25-27-59(57)70(61)65(55)63)45-29-43(39-16-9-7-10-17-39)28-44(30-45)40-18-11-8-12-19-40/h7-38H,1-6H3. The van der Waals surface area contributed by atoms with Gasteiger partial charge in [0.05, 0.1) is 33.1 Å². The molecule has 0 aliphatic heterocycles. The minimum absolute atomic E-state index is 0.0428. The summed E-state index contributed by atoms with van der Waals surface area (Å²) in [6.07, 6.45) is 0. The Kier molecular flexibility index (Phi) is 8.24. The Labute approximate surface area is 416 Å². The summed E-state index contributed by atoms with van der Waals surface area (Å²) < 4.78 is 7.84. The largest absolute Gasteiger partial charge is 0.308 e. The van der Waals surface area contributed by atoms with Gasteiger partial charge in [-0.1, -0.05) is 169 Å². The van der Waals surface area contributed by atoms with E-state index >= 15 is 0 Å². The maximum Gasteiger partial charge on any atom is 0.0635 e. The number of thiophene rings is 1. The van der Waals surface area contributed by atoms with E-state index in [4.69, 9.17) is 0 Å². The first-order valence-electron chi connectivity index (χ1n) is 25.1. The highest BCUT2D eigenvalue weighted by atomic mass is 32.1. The van der Waals surface area contributed by atoms with Crippen molar-refractivity contribution in [2.45, 2.75) is 52.4 Å². The van der Waals surface area contributed by atoms with Crippen molar-refractivity contribution in [2.24, 2.45) is 0 Å². The average molecular weight is 927 g/mol. The van der Waals surface area contributed by atoms with Gasteiger partial charge in [-0.3, -0.25) is 0 Å². The van der Waals surface area contributed by atoms with Crippen LogP contribution in [0.25, 0.3) is 141 Å². The van der Waals surface area contributed by atoms with E-state index in [9.17, 15) is 0 Å². The van der Waals surface area contributed by atoms with Crippen LogP contribution in [-0.2, 0) is 10.8 Å². The van der Waals surface area contributed by atoms with Crippen molar-refractivity contribution in [2.75, 3.05) is 0 Å². The SMILES string of the molecule is CC(C)(C)c1cc(-c2ccc3c(c2)c2cccc4c5cc6c(cc5n3c24)c2cc3c4ccccc4sc3c3c4cc(-c5cc(-c7ccccc7)cc(-c7ccccc7)c5)ccc4n6c23)cc(C(C)(C)C)c1. The third-order valence-electron chi connectivity index (χ3n) is 15.8. The fourth-order valence-corrected chi connectivity index (χ4v) is 13.4. The highest BCUT2D eigenvalue weighted by Crippen LogP contribution is 2.50. The third-order valence-corrected chi connectivity index (χ3v) is 17.0. The molecule has 2 nitrogen and oxygen atoms in total. The van der Waals surface area contributed by atoms with Crippen LogP contribution < -0.4 is 0 Å². The van der Waals surface area contributed by atoms with E-state index in [0.717, 1.165) is 0 Å². The normalized spacial score (nSPS) is 12.9. The Morgan fingerprint density at radius 2 is 0.775 bits per heavy atom. The van der Waals surface area contributed by atoms with E-state index in [1.807, 2.05) is 11.3 Å². The molecule has 0 unspecified atom stereocenters. The van der Waals surface area contributed by atoms with Crippen LogP contribution in [0.5, 0.6) is 0 Å². The lowest BCUT2D eigenvalue weighted by molar-refractivity contribution is 0.569. The van der Waals surface area contributed by atoms with Gasteiger partial charge in [0.15, 0.2) is 0 Å². The van der Waals surface area contributed by atoms with Crippen molar-refractivity contribution in [1.29, 1.82) is 0 Å². The summed E-state index contributed by atoms with van der Waals surface area (Å²) >= 11 is 1.93. The molecule has 0 aliphatic carbocycles. The maximum absolute atomic E-state index is 2.59. The molecule has 0 N–H and O–H groups in total. The number of hydrogen-bond acceptors (Lipinski definition) is 1. The molecule has 0 bridgehead atoms. The smallest absolute Gasteiger partial charge is 0.0635 e. The summed E-state index contributed by atoms with van der Waals surface area (Å²) in [6, 6.07) is 73.8. The molecule has 0 radical (unpaired) electrons. The number of hydrogen-bond donors (Lipinski definition) is 0. The van der Waals surface area contributed by atoms with Crippen molar-refractivity contribution in [3.63, 3.8) is 0 Å². The lowest BCUT2D eigenvalue weighted by Gasteiger charge is -2.26. The second-order valence-electron chi connectivity index (χ2n) is 22.2. The Bertz CT molecular complexity index is 4590. The average Bonchev–Trinajstić information content (AvgIpc) is 4.20. The van der Waals surface area contributed by atoms with E-state index in [0.29, 0.717) is 0 Å². The monoisotopic (exact) mass is 926 g/mol. The molecule has 0 spiro atoms. The Morgan fingerprint density at radius 3 is 1.38 bits per heavy atom. The van der Waals surface area contributed by atoms with Crippen LogP contribution in [0.4, 0.5) is 0 Å². The number of benzene rings is 10. The van der Waals surface area contributed by atoms with Crippen LogP contribution in [0, 0.1) is 0 Å². The summed E-state index contributed by atoms with van der Waals surface area (Å²) in [6.45, 7) is 14.0. The van der Waals surface area contributed by atoms with Gasteiger partial charge in [-0.25, -0.2) is 0 Å². The zero-order valence-electron chi connectivity index (χ0n) is 40.8. The Balaban J connectivity index is 0.991. The van der Waals surface area contributed by atoms with Crippen LogP contribution in [-0.4, -0.2) is 8.80 Å². The van der Waals surface area contributed by atoms with Gasteiger partial charge in [-0.2, -0.15) is 0 Å². The summed E-state index contributed by atoms with van der Waals surface area (Å²) in [5.41, 5.74) is 20.3. The van der Waals surface area contributed by atoms with Crippen LogP contribution in [0.15, 0.2) is 194 Å². The minimum Gasteiger partial charge on any atom is -0.308 e. The number of aromatic nitrogens is 2. The molecule has 15 rings (SSSR count). The number of para-hydroxylation sites is 1. The Hall–Kier alpha value is -7.98. The predicted octanol–water partition coefficient (Wildman–Crippen LogP) is 19.6. The van der Waals surface area contributed by atoms with Gasteiger partial charge in [0.1, 0.15) is 0 Å². The second-order valence-corrected chi connectivity index (χ2v) is 23.2. The van der Waals surface area contributed by atoms with Crippen molar-refractivity contribution in [3.8, 4) is 44.5 Å². The molecule has 71 heavy (non-hydrogen) atoms. The molecule has 10 aromatic carbocycles. The molecular weight excluding hydrogens is 877 g/mol. The van der Waals surface area contributed by atoms with E-state index in [2.05, 4.69) is 244 Å². The maximum atomic E-state index is 2.59. The molecule has 3 heteroatoms. The van der Waals surface area contributed by atoms with Gasteiger partial charge in [0.2, 0.25) is 0 Å². The van der Waals surface area contributed by atoms with Gasteiger partial charge >= 0.3 is 0 Å². The lowest BCUT2D eigenvalue weighted by atomic mass is 9.79. The molecular formula is C68H50N2S. The van der Waals surface area contributed by atoms with E-state index in [1.54, 1.807) is 0 Å². The molecule has 5 heterocycles. The molecule has 0 saturated heterocycles. The van der Waals surface area contributed by atoms with E-state index in [-0.39, 0.29) is 10.8 Å². The molecule has 0 aliphatic rings. The second kappa shape index (κ2) is 14.3. The zero-order chi connectivity index (χ0) is 47.7. The molecule has 0 amide bonds. The molecule has 15 aromatic rings. The molecule has 0 atom stereocenters. The van der Waals surface area contributed by atoms with E-state index < -0.39 is 0 Å². The zero-order valence-corrected chi connectivity index (χ0v) is 41.6. The predicted molar refractivity (Wildman–Crippen MR) is 308 cm³/mol. The van der Waals surface area contributed by atoms with Gasteiger partial charge in [0.25, 0.3) is 0 Å². The topological polar surface area (TPSA) is 8.82 Å². The number of rotatable bonds is 4. The first-order valence-corrected chi connectivity index (χ1v) is 25.9. The van der Waals surface area contributed by atoms with Crippen molar-refractivity contribution in [1.82, 2.24) is 8.80 Å². The highest BCUT2D eigenvalue weighted by molar-refractivity contribution is 7.26. The quantitative estimate of drug-likeness (QED) is 0.166. The number of fused-ring (bicyclic) bond motifs is 16. The van der Waals surface area contributed by atoms with Crippen molar-refractivity contribution < 1.29 is 0 Å². The number of nitrogens with zero attached hydrogens (tertiary/aromatic N) is 2. The van der Waals surface area contributed by atoms with Crippen LogP contribution in [0.2, 0.25) is 0 Å². The van der Waals surface area contributed by atoms with E-state index in [1.165, 1.54) is 152 Å². The van der Waals surface area contributed by atoms with Crippen molar-refractivity contribution >= 4 is 108 Å². The lowest BCUT2D eigenvalue weighted by Crippen LogP contribution is -2.16. The van der Waals surface area contributed by atoms with Gasteiger partial charge < -0.3 is 8.80 Å².